The van der Waals surface area contributed by atoms with Crippen molar-refractivity contribution in [1.82, 2.24) is 4.72 Å². The van der Waals surface area contributed by atoms with E-state index in [1.807, 2.05) is 6.07 Å². The molecule has 2 rings (SSSR count). The van der Waals surface area contributed by atoms with Crippen molar-refractivity contribution in [2.45, 2.75) is 43.5 Å². The summed E-state index contributed by atoms with van der Waals surface area (Å²) in [6, 6.07) is 5.19. The smallest absolute Gasteiger partial charge is 0.241 e. The predicted molar refractivity (Wildman–Crippen MR) is 91.2 cm³/mol. The van der Waals surface area contributed by atoms with Crippen LogP contribution in [-0.4, -0.2) is 21.0 Å². The van der Waals surface area contributed by atoms with Crippen molar-refractivity contribution in [3.05, 3.63) is 28.2 Å². The zero-order chi connectivity index (χ0) is 14.8. The van der Waals surface area contributed by atoms with Crippen LogP contribution in [0.3, 0.4) is 0 Å². The van der Waals surface area contributed by atoms with Crippen LogP contribution in [0.15, 0.2) is 27.6 Å². The largest absolute Gasteiger partial charge is 0.330 e. The van der Waals surface area contributed by atoms with Crippen molar-refractivity contribution >= 4 is 38.4 Å². The number of benzene rings is 1. The minimum absolute atomic E-state index is 0. The van der Waals surface area contributed by atoms with Gasteiger partial charge in [-0.05, 0) is 49.9 Å². The van der Waals surface area contributed by atoms with Crippen LogP contribution in [0.25, 0.3) is 0 Å². The van der Waals surface area contributed by atoms with Crippen molar-refractivity contribution in [3.8, 4) is 0 Å². The molecular formula is C14H22BrClN2O2S. The van der Waals surface area contributed by atoms with E-state index in [0.29, 0.717) is 11.4 Å². The molecule has 1 aliphatic rings. The number of nitrogens with two attached hydrogens (primary N) is 1. The van der Waals surface area contributed by atoms with Gasteiger partial charge in [0.25, 0.3) is 0 Å². The molecule has 0 bridgehead atoms. The van der Waals surface area contributed by atoms with Crippen LogP contribution in [0, 0.1) is 12.8 Å². The van der Waals surface area contributed by atoms with Crippen LogP contribution in [0.4, 0.5) is 0 Å². The number of halogens is 2. The van der Waals surface area contributed by atoms with Crippen LogP contribution >= 0.6 is 28.3 Å². The lowest BCUT2D eigenvalue weighted by Crippen LogP contribution is -2.44. The molecular weight excluding hydrogens is 376 g/mol. The molecule has 2 unspecified atom stereocenters. The zero-order valence-electron chi connectivity index (χ0n) is 12.0. The molecule has 0 spiro atoms. The molecule has 0 saturated heterocycles. The lowest BCUT2D eigenvalue weighted by Gasteiger charge is -2.31. The molecule has 3 N–H and O–H groups in total. The maximum Gasteiger partial charge on any atom is 0.241 e. The van der Waals surface area contributed by atoms with E-state index >= 15 is 0 Å². The minimum Gasteiger partial charge on any atom is -0.330 e. The number of hydrogen-bond acceptors (Lipinski definition) is 3. The minimum atomic E-state index is -3.49. The summed E-state index contributed by atoms with van der Waals surface area (Å²) in [7, 11) is -3.49. The van der Waals surface area contributed by atoms with Gasteiger partial charge in [-0.1, -0.05) is 34.8 Å². The highest BCUT2D eigenvalue weighted by molar-refractivity contribution is 9.10. The Morgan fingerprint density at radius 2 is 2.00 bits per heavy atom. The molecule has 7 heteroatoms. The maximum atomic E-state index is 12.6. The lowest BCUT2D eigenvalue weighted by molar-refractivity contribution is 0.296. The molecule has 120 valence electrons. The second kappa shape index (κ2) is 7.92. The molecule has 1 aromatic carbocycles. The third-order valence-electron chi connectivity index (χ3n) is 4.03. The summed E-state index contributed by atoms with van der Waals surface area (Å²) in [5.41, 5.74) is 6.50. The van der Waals surface area contributed by atoms with Gasteiger partial charge >= 0.3 is 0 Å². The van der Waals surface area contributed by atoms with E-state index in [9.17, 15) is 8.42 Å². The molecule has 0 radical (unpaired) electrons. The normalized spacial score (nSPS) is 22.6. The Labute approximate surface area is 141 Å². The monoisotopic (exact) mass is 396 g/mol. The average molecular weight is 398 g/mol. The lowest BCUT2D eigenvalue weighted by atomic mass is 9.85. The molecule has 0 heterocycles. The van der Waals surface area contributed by atoms with Gasteiger partial charge in [-0.3, -0.25) is 0 Å². The van der Waals surface area contributed by atoms with Gasteiger partial charge in [-0.25, -0.2) is 13.1 Å². The van der Waals surface area contributed by atoms with E-state index in [0.717, 1.165) is 35.7 Å². The first-order chi connectivity index (χ1) is 9.45. The SMILES string of the molecule is Cc1c(Br)cccc1S(=O)(=O)NC1CCCCC1CN.Cl. The summed E-state index contributed by atoms with van der Waals surface area (Å²) in [4.78, 5) is 0.341. The van der Waals surface area contributed by atoms with Crippen LogP contribution in [0.2, 0.25) is 0 Å². The maximum absolute atomic E-state index is 12.6. The van der Waals surface area contributed by atoms with E-state index in [2.05, 4.69) is 20.7 Å². The summed E-state index contributed by atoms with van der Waals surface area (Å²) in [5, 5.41) is 0. The van der Waals surface area contributed by atoms with Crippen molar-refractivity contribution in [1.29, 1.82) is 0 Å². The van der Waals surface area contributed by atoms with Crippen molar-refractivity contribution in [2.24, 2.45) is 11.7 Å². The van der Waals surface area contributed by atoms with Gasteiger partial charge in [-0.15, -0.1) is 12.4 Å². The molecule has 1 aliphatic carbocycles. The predicted octanol–water partition coefficient (Wildman–Crippen LogP) is 2.98. The standard InChI is InChI=1S/C14H21BrN2O2S.ClH/c1-10-12(15)6-4-8-14(10)20(18,19)17-13-7-3-2-5-11(13)9-16;/h4,6,8,11,13,17H,2-3,5,7,9,16H2,1H3;1H. The van der Waals surface area contributed by atoms with Gasteiger partial charge in [0, 0.05) is 10.5 Å². The number of rotatable bonds is 4. The summed E-state index contributed by atoms with van der Waals surface area (Å²) in [6.45, 7) is 2.34. The van der Waals surface area contributed by atoms with Gasteiger partial charge in [0.05, 0.1) is 4.90 Å². The van der Waals surface area contributed by atoms with E-state index < -0.39 is 10.0 Å². The third-order valence-corrected chi connectivity index (χ3v) is 6.52. The number of sulfonamides is 1. The van der Waals surface area contributed by atoms with Gasteiger partial charge < -0.3 is 5.73 Å². The van der Waals surface area contributed by atoms with Crippen LogP contribution in [0.1, 0.15) is 31.2 Å². The van der Waals surface area contributed by atoms with E-state index in [4.69, 9.17) is 5.73 Å². The molecule has 2 atom stereocenters. The summed E-state index contributed by atoms with van der Waals surface area (Å²) >= 11 is 3.38. The quantitative estimate of drug-likeness (QED) is 0.820. The molecule has 0 amide bonds. The number of nitrogens with one attached hydrogen (secondary N) is 1. The molecule has 4 nitrogen and oxygen atoms in total. The first-order valence-electron chi connectivity index (χ1n) is 6.93. The van der Waals surface area contributed by atoms with Crippen LogP contribution in [0.5, 0.6) is 0 Å². The Balaban J connectivity index is 0.00000220. The number of hydrogen-bond donors (Lipinski definition) is 2. The van der Waals surface area contributed by atoms with Gasteiger partial charge in [-0.2, -0.15) is 0 Å². The molecule has 1 fully saturated rings. The van der Waals surface area contributed by atoms with E-state index in [1.54, 1.807) is 19.1 Å². The summed E-state index contributed by atoms with van der Waals surface area (Å²) in [5.74, 6) is 0.242. The molecule has 0 aromatic heterocycles. The fourth-order valence-corrected chi connectivity index (χ4v) is 4.89. The molecule has 0 aliphatic heterocycles. The topological polar surface area (TPSA) is 72.2 Å². The fourth-order valence-electron chi connectivity index (χ4n) is 2.79. The van der Waals surface area contributed by atoms with Crippen LogP contribution in [-0.2, 0) is 10.0 Å². The zero-order valence-corrected chi connectivity index (χ0v) is 15.2. The van der Waals surface area contributed by atoms with Crippen molar-refractivity contribution < 1.29 is 8.42 Å². The van der Waals surface area contributed by atoms with Gasteiger partial charge in [0.1, 0.15) is 0 Å². The summed E-state index contributed by atoms with van der Waals surface area (Å²) < 4.78 is 28.8. The van der Waals surface area contributed by atoms with E-state index in [-0.39, 0.29) is 24.4 Å². The third kappa shape index (κ3) is 4.42. The second-order valence-electron chi connectivity index (χ2n) is 5.37. The molecule has 21 heavy (non-hydrogen) atoms. The second-order valence-corrected chi connectivity index (χ2v) is 7.91. The fraction of sp³-hybridized carbons (Fsp3) is 0.571. The van der Waals surface area contributed by atoms with Crippen molar-refractivity contribution in [2.75, 3.05) is 6.54 Å². The van der Waals surface area contributed by atoms with Crippen LogP contribution < -0.4 is 10.5 Å². The Kier molecular flexibility index (Phi) is 7.13. The molecule has 1 saturated carbocycles. The Morgan fingerprint density at radius 1 is 1.33 bits per heavy atom. The highest BCUT2D eigenvalue weighted by Crippen LogP contribution is 2.27. The van der Waals surface area contributed by atoms with Crippen molar-refractivity contribution in [3.63, 3.8) is 0 Å². The molecule has 1 aromatic rings. The Bertz CT molecular complexity index is 580. The highest BCUT2D eigenvalue weighted by Gasteiger charge is 2.29. The average Bonchev–Trinajstić information content (AvgIpc) is 2.42. The van der Waals surface area contributed by atoms with Gasteiger partial charge in [0.2, 0.25) is 10.0 Å². The van der Waals surface area contributed by atoms with Gasteiger partial charge in [0.15, 0.2) is 0 Å². The van der Waals surface area contributed by atoms with E-state index in [1.165, 1.54) is 0 Å². The Hall–Kier alpha value is -0.140. The highest BCUT2D eigenvalue weighted by atomic mass is 79.9. The first-order valence-corrected chi connectivity index (χ1v) is 9.21. The first kappa shape index (κ1) is 18.9. The summed E-state index contributed by atoms with van der Waals surface area (Å²) in [6.07, 6.45) is 4.06. The Morgan fingerprint density at radius 3 is 2.67 bits per heavy atom.